The Kier molecular flexibility index (Phi) is 7.16. The second-order valence-electron chi connectivity index (χ2n) is 14.8. The highest BCUT2D eigenvalue weighted by Crippen LogP contribution is 2.45. The van der Waals surface area contributed by atoms with E-state index in [-0.39, 0.29) is 0 Å². The molecule has 9 aromatic carbocycles. The van der Waals surface area contributed by atoms with Crippen LogP contribution in [0.5, 0.6) is 0 Å². The van der Waals surface area contributed by atoms with Crippen molar-refractivity contribution in [2.24, 2.45) is 0 Å². The summed E-state index contributed by atoms with van der Waals surface area (Å²) in [6.07, 6.45) is 0. The van der Waals surface area contributed by atoms with Gasteiger partial charge >= 0.3 is 0 Å². The van der Waals surface area contributed by atoms with E-state index in [0.717, 1.165) is 60.7 Å². The first kappa shape index (κ1) is 32.4. The van der Waals surface area contributed by atoms with Gasteiger partial charge in [-0.3, -0.25) is 0 Å². The molecule has 0 N–H and O–H groups in total. The van der Waals surface area contributed by atoms with Crippen LogP contribution in [0.2, 0.25) is 0 Å². The number of para-hydroxylation sites is 2. The topological polar surface area (TPSA) is 56.7 Å². The van der Waals surface area contributed by atoms with E-state index < -0.39 is 0 Å². The number of hydrogen-bond acceptors (Lipinski definition) is 4. The summed E-state index contributed by atoms with van der Waals surface area (Å²) in [6.45, 7) is 0. The quantitative estimate of drug-likeness (QED) is 0.176. The lowest BCUT2D eigenvalue weighted by molar-refractivity contribution is 0.666. The predicted molar refractivity (Wildman–Crippen MR) is 238 cm³/mol. The van der Waals surface area contributed by atoms with Crippen LogP contribution >= 0.6 is 0 Å². The summed E-state index contributed by atoms with van der Waals surface area (Å²) >= 11 is 0. The van der Waals surface area contributed by atoms with Gasteiger partial charge < -0.3 is 8.98 Å². The van der Waals surface area contributed by atoms with E-state index in [9.17, 15) is 0 Å². The van der Waals surface area contributed by atoms with Gasteiger partial charge in [-0.25, -0.2) is 15.0 Å². The van der Waals surface area contributed by atoms with Crippen LogP contribution in [0.25, 0.3) is 116 Å². The minimum atomic E-state index is 0.589. The second-order valence-corrected chi connectivity index (χ2v) is 14.8. The van der Waals surface area contributed by atoms with Crippen molar-refractivity contribution >= 4 is 65.3 Å². The second kappa shape index (κ2) is 12.8. The van der Waals surface area contributed by atoms with Crippen molar-refractivity contribution in [2.45, 2.75) is 0 Å². The van der Waals surface area contributed by atoms with Crippen LogP contribution in [0, 0.1) is 0 Å². The molecule has 0 radical (unpaired) electrons. The Bertz CT molecular complexity index is 3570. The summed E-state index contributed by atoms with van der Waals surface area (Å²) in [5, 5.41) is 9.07. The summed E-state index contributed by atoms with van der Waals surface area (Å²) < 4.78 is 9.33. The van der Waals surface area contributed by atoms with Crippen molar-refractivity contribution in [2.75, 3.05) is 0 Å². The maximum Gasteiger partial charge on any atom is 0.164 e. The molecular weight excluding hydrogens is 709 g/mol. The summed E-state index contributed by atoms with van der Waals surface area (Å²) in [6, 6.07) is 67.9. The maximum atomic E-state index is 6.96. The summed E-state index contributed by atoms with van der Waals surface area (Å²) in [5.41, 5.74) is 9.93. The Labute approximate surface area is 333 Å². The van der Waals surface area contributed by atoms with E-state index in [1.807, 2.05) is 42.5 Å². The zero-order valence-electron chi connectivity index (χ0n) is 31.2. The molecule has 12 rings (SSSR count). The van der Waals surface area contributed by atoms with E-state index in [2.05, 4.69) is 156 Å². The Balaban J connectivity index is 1.12. The van der Waals surface area contributed by atoms with Crippen molar-refractivity contribution in [1.82, 2.24) is 19.5 Å². The molecular formula is C53H32N4O. The predicted octanol–water partition coefficient (Wildman–Crippen LogP) is 13.8. The van der Waals surface area contributed by atoms with Gasteiger partial charge in [-0.2, -0.15) is 0 Å². The monoisotopic (exact) mass is 740 g/mol. The van der Waals surface area contributed by atoms with Crippen LogP contribution in [-0.4, -0.2) is 19.5 Å². The summed E-state index contributed by atoms with van der Waals surface area (Å²) in [7, 11) is 0. The van der Waals surface area contributed by atoms with Gasteiger partial charge in [-0.05, 0) is 63.0 Å². The number of aromatic nitrogens is 4. The van der Waals surface area contributed by atoms with Crippen molar-refractivity contribution in [3.8, 4) is 51.0 Å². The Morgan fingerprint density at radius 3 is 1.84 bits per heavy atom. The minimum absolute atomic E-state index is 0.589. The number of fused-ring (bicyclic) bond motifs is 8. The third-order valence-electron chi connectivity index (χ3n) is 11.4. The average Bonchev–Trinajstić information content (AvgIpc) is 3.84. The van der Waals surface area contributed by atoms with Crippen LogP contribution in [-0.2, 0) is 0 Å². The van der Waals surface area contributed by atoms with E-state index in [1.165, 1.54) is 38.1 Å². The van der Waals surface area contributed by atoms with E-state index >= 15 is 0 Å². The fourth-order valence-corrected chi connectivity index (χ4v) is 8.82. The Morgan fingerprint density at radius 2 is 1.02 bits per heavy atom. The average molecular weight is 741 g/mol. The first-order valence-corrected chi connectivity index (χ1v) is 19.5. The molecule has 0 fully saturated rings. The minimum Gasteiger partial charge on any atom is -0.454 e. The molecule has 3 aromatic heterocycles. The van der Waals surface area contributed by atoms with Crippen LogP contribution in [0.15, 0.2) is 199 Å². The molecule has 3 heterocycles. The number of benzene rings is 9. The van der Waals surface area contributed by atoms with E-state index in [0.29, 0.717) is 17.5 Å². The molecule has 5 heteroatoms. The fourth-order valence-electron chi connectivity index (χ4n) is 8.82. The summed E-state index contributed by atoms with van der Waals surface area (Å²) in [4.78, 5) is 15.4. The van der Waals surface area contributed by atoms with Crippen molar-refractivity contribution in [1.29, 1.82) is 0 Å². The molecule has 12 aromatic rings. The van der Waals surface area contributed by atoms with Gasteiger partial charge in [0.1, 0.15) is 5.58 Å². The first-order valence-electron chi connectivity index (χ1n) is 19.5. The van der Waals surface area contributed by atoms with Gasteiger partial charge in [0.15, 0.2) is 23.1 Å². The zero-order valence-corrected chi connectivity index (χ0v) is 31.2. The molecule has 0 aliphatic carbocycles. The number of rotatable bonds is 5. The zero-order chi connectivity index (χ0) is 38.2. The standard InChI is InChI=1S/C53H32N4O/c1-3-16-34(17-4-1)47-39-22-10-9-21-37(39)32-45-49(47)40-23-11-12-26-43(40)57(45)44-27-13-24-41-48-42(25-14-28-46(48)58-50(41)44)53-55-51(35-18-5-2-6-19-35)54-52(56-53)38-30-29-33-15-7-8-20-36(33)31-38/h1-32H. The molecule has 270 valence electrons. The van der Waals surface area contributed by atoms with E-state index in [1.54, 1.807) is 0 Å². The molecule has 0 atom stereocenters. The number of furan rings is 1. The highest BCUT2D eigenvalue weighted by atomic mass is 16.3. The normalized spacial score (nSPS) is 11.8. The fraction of sp³-hybridized carbons (Fsp3) is 0. The smallest absolute Gasteiger partial charge is 0.164 e. The SMILES string of the molecule is c1ccc(-c2nc(-c3ccc4ccccc4c3)nc(-c3cccc4oc5c(-n6c7ccccc7c7c(-c8ccccc8)c8ccccc8cc76)cccc5c34)n2)cc1. The maximum absolute atomic E-state index is 6.96. The van der Waals surface area contributed by atoms with Crippen molar-refractivity contribution in [3.05, 3.63) is 194 Å². The molecule has 58 heavy (non-hydrogen) atoms. The van der Waals surface area contributed by atoms with Gasteiger partial charge in [0.2, 0.25) is 0 Å². The molecule has 0 aliphatic rings. The van der Waals surface area contributed by atoms with Crippen LogP contribution < -0.4 is 0 Å². The van der Waals surface area contributed by atoms with Crippen molar-refractivity contribution in [3.63, 3.8) is 0 Å². The molecule has 0 saturated heterocycles. The molecule has 0 unspecified atom stereocenters. The highest BCUT2D eigenvalue weighted by Gasteiger charge is 2.23. The number of hydrogen-bond donors (Lipinski definition) is 0. The lowest BCUT2D eigenvalue weighted by atomic mass is 9.93. The van der Waals surface area contributed by atoms with Gasteiger partial charge in [0.05, 0.1) is 16.7 Å². The molecule has 0 bridgehead atoms. The Hall–Kier alpha value is -7.89. The molecule has 0 amide bonds. The Morgan fingerprint density at radius 1 is 0.379 bits per heavy atom. The summed E-state index contributed by atoms with van der Waals surface area (Å²) in [5.74, 6) is 1.82. The van der Waals surface area contributed by atoms with Crippen LogP contribution in [0.1, 0.15) is 0 Å². The molecule has 5 nitrogen and oxygen atoms in total. The largest absolute Gasteiger partial charge is 0.454 e. The van der Waals surface area contributed by atoms with Gasteiger partial charge in [0.25, 0.3) is 0 Å². The van der Waals surface area contributed by atoms with Gasteiger partial charge in [-0.1, -0.05) is 164 Å². The van der Waals surface area contributed by atoms with Crippen LogP contribution in [0.4, 0.5) is 0 Å². The molecule has 0 saturated carbocycles. The molecule has 0 spiro atoms. The highest BCUT2D eigenvalue weighted by molar-refractivity contribution is 6.23. The molecule has 0 aliphatic heterocycles. The lowest BCUT2D eigenvalue weighted by Crippen LogP contribution is -2.00. The van der Waals surface area contributed by atoms with Crippen LogP contribution in [0.3, 0.4) is 0 Å². The van der Waals surface area contributed by atoms with Gasteiger partial charge in [-0.15, -0.1) is 0 Å². The first-order chi connectivity index (χ1) is 28.8. The third kappa shape index (κ3) is 5.00. The van der Waals surface area contributed by atoms with Crippen molar-refractivity contribution < 1.29 is 4.42 Å². The van der Waals surface area contributed by atoms with E-state index in [4.69, 9.17) is 19.4 Å². The number of nitrogens with zero attached hydrogens (tertiary/aromatic N) is 4. The third-order valence-corrected chi connectivity index (χ3v) is 11.4. The lowest BCUT2D eigenvalue weighted by Gasteiger charge is -2.12. The van der Waals surface area contributed by atoms with Gasteiger partial charge in [0, 0.05) is 38.2 Å².